The van der Waals surface area contributed by atoms with Gasteiger partial charge in [0.15, 0.2) is 0 Å². The van der Waals surface area contributed by atoms with Crippen molar-refractivity contribution in [1.82, 2.24) is 24.6 Å². The molecule has 0 saturated heterocycles. The molecule has 0 spiro atoms. The van der Waals surface area contributed by atoms with Crippen molar-refractivity contribution in [3.63, 3.8) is 0 Å². The summed E-state index contributed by atoms with van der Waals surface area (Å²) in [6.07, 6.45) is 8.24. The van der Waals surface area contributed by atoms with Crippen molar-refractivity contribution in [3.05, 3.63) is 72.6 Å². The monoisotopic (exact) mass is 335 g/mol. The van der Waals surface area contributed by atoms with Gasteiger partial charge in [-0.2, -0.15) is 10.2 Å². The SMILES string of the molecule is O=C(c1ccnnc1)N1Cc2cccn2C[C@@H](Oc2cccnc2)C1. The number of aromatic nitrogens is 4. The van der Waals surface area contributed by atoms with Crippen LogP contribution in [-0.4, -0.2) is 43.2 Å². The third-order valence-electron chi connectivity index (χ3n) is 4.16. The first-order valence-corrected chi connectivity index (χ1v) is 8.06. The van der Waals surface area contributed by atoms with Gasteiger partial charge in [0, 0.05) is 18.1 Å². The molecule has 0 saturated carbocycles. The van der Waals surface area contributed by atoms with Crippen LogP contribution < -0.4 is 4.74 Å². The zero-order chi connectivity index (χ0) is 17.1. The van der Waals surface area contributed by atoms with E-state index in [2.05, 4.69) is 19.7 Å². The van der Waals surface area contributed by atoms with Gasteiger partial charge in [-0.05, 0) is 30.3 Å². The summed E-state index contributed by atoms with van der Waals surface area (Å²) in [5, 5.41) is 7.54. The lowest BCUT2D eigenvalue weighted by molar-refractivity contribution is 0.0651. The average Bonchev–Trinajstić information content (AvgIpc) is 3.01. The third kappa shape index (κ3) is 3.35. The highest BCUT2D eigenvalue weighted by atomic mass is 16.5. The summed E-state index contributed by atoms with van der Waals surface area (Å²) >= 11 is 0. The molecule has 1 aliphatic heterocycles. The Morgan fingerprint density at radius 3 is 2.84 bits per heavy atom. The molecule has 3 aromatic rings. The van der Waals surface area contributed by atoms with Gasteiger partial charge in [-0.25, -0.2) is 0 Å². The predicted molar refractivity (Wildman–Crippen MR) is 89.9 cm³/mol. The van der Waals surface area contributed by atoms with E-state index >= 15 is 0 Å². The molecule has 0 bridgehead atoms. The minimum atomic E-state index is -0.170. The van der Waals surface area contributed by atoms with E-state index < -0.39 is 0 Å². The zero-order valence-electron chi connectivity index (χ0n) is 13.5. The fourth-order valence-corrected chi connectivity index (χ4v) is 2.99. The lowest BCUT2D eigenvalue weighted by atomic mass is 10.2. The number of nitrogens with zero attached hydrogens (tertiary/aromatic N) is 5. The first kappa shape index (κ1) is 15.3. The molecule has 0 N–H and O–H groups in total. The maximum Gasteiger partial charge on any atom is 0.256 e. The second kappa shape index (κ2) is 6.72. The van der Waals surface area contributed by atoms with E-state index in [1.807, 2.05) is 30.5 Å². The number of carbonyl (C=O) groups is 1. The van der Waals surface area contributed by atoms with E-state index in [0.717, 1.165) is 5.69 Å². The van der Waals surface area contributed by atoms with Crippen LogP contribution in [0, 0.1) is 0 Å². The molecule has 1 aliphatic rings. The molecule has 1 amide bonds. The van der Waals surface area contributed by atoms with Gasteiger partial charge in [0.1, 0.15) is 11.9 Å². The fraction of sp³-hybridized carbons (Fsp3) is 0.222. The van der Waals surface area contributed by atoms with Crippen molar-refractivity contribution < 1.29 is 9.53 Å². The van der Waals surface area contributed by atoms with Crippen LogP contribution in [0.25, 0.3) is 0 Å². The Kier molecular flexibility index (Phi) is 4.12. The number of hydrogen-bond donors (Lipinski definition) is 0. The second-order valence-corrected chi connectivity index (χ2v) is 5.90. The molecule has 0 aromatic carbocycles. The van der Waals surface area contributed by atoms with Crippen LogP contribution in [0.4, 0.5) is 0 Å². The molecule has 1 atom stereocenters. The number of hydrogen-bond acceptors (Lipinski definition) is 5. The van der Waals surface area contributed by atoms with Crippen LogP contribution in [0.15, 0.2) is 61.3 Å². The molecule has 3 aromatic heterocycles. The standard InChI is InChI=1S/C18H17N5O2/c24-18(14-5-7-20-21-9-14)23-11-15-3-2-8-22(15)12-17(13-23)25-16-4-1-6-19-10-16/h1-10,17H,11-13H2/t17-/m1/s1. The maximum absolute atomic E-state index is 12.9. The third-order valence-corrected chi connectivity index (χ3v) is 4.16. The Morgan fingerprint density at radius 2 is 2.04 bits per heavy atom. The maximum atomic E-state index is 12.9. The number of amides is 1. The summed E-state index contributed by atoms with van der Waals surface area (Å²) in [5.41, 5.74) is 1.60. The largest absolute Gasteiger partial charge is 0.485 e. The Balaban J connectivity index is 1.60. The van der Waals surface area contributed by atoms with Gasteiger partial charge in [-0.1, -0.05) is 0 Å². The second-order valence-electron chi connectivity index (χ2n) is 5.90. The Morgan fingerprint density at radius 1 is 1.08 bits per heavy atom. The van der Waals surface area contributed by atoms with Gasteiger partial charge in [0.25, 0.3) is 5.91 Å². The molecule has 0 radical (unpaired) electrons. The summed E-state index contributed by atoms with van der Waals surface area (Å²) in [6.45, 7) is 1.69. The Labute approximate surface area is 144 Å². The zero-order valence-corrected chi connectivity index (χ0v) is 13.5. The first-order valence-electron chi connectivity index (χ1n) is 8.06. The number of fused-ring (bicyclic) bond motifs is 1. The molecule has 0 aliphatic carbocycles. The summed E-state index contributed by atoms with van der Waals surface area (Å²) in [6, 6.07) is 9.39. The van der Waals surface area contributed by atoms with Gasteiger partial charge in [0.05, 0.1) is 43.8 Å². The van der Waals surface area contributed by atoms with E-state index in [1.165, 1.54) is 12.4 Å². The van der Waals surface area contributed by atoms with Gasteiger partial charge in [-0.3, -0.25) is 9.78 Å². The predicted octanol–water partition coefficient (Wildman–Crippen LogP) is 1.78. The molecule has 4 heterocycles. The van der Waals surface area contributed by atoms with Crippen LogP contribution in [0.5, 0.6) is 5.75 Å². The van der Waals surface area contributed by atoms with E-state index in [1.54, 1.807) is 23.4 Å². The first-order chi connectivity index (χ1) is 12.3. The molecule has 0 fully saturated rings. The number of carbonyl (C=O) groups excluding carboxylic acids is 1. The molecular weight excluding hydrogens is 318 g/mol. The lowest BCUT2D eigenvalue weighted by Crippen LogP contribution is -2.38. The fourth-order valence-electron chi connectivity index (χ4n) is 2.99. The molecule has 0 unspecified atom stereocenters. The summed E-state index contributed by atoms with van der Waals surface area (Å²) in [5.74, 6) is 0.616. The minimum absolute atomic E-state index is 0.0793. The lowest BCUT2D eigenvalue weighted by Gasteiger charge is -2.24. The van der Waals surface area contributed by atoms with Crippen molar-refractivity contribution in [2.75, 3.05) is 6.54 Å². The topological polar surface area (TPSA) is 73.1 Å². The minimum Gasteiger partial charge on any atom is -0.485 e. The van der Waals surface area contributed by atoms with Crippen molar-refractivity contribution in [2.45, 2.75) is 19.2 Å². The smallest absolute Gasteiger partial charge is 0.256 e. The summed E-state index contributed by atoms with van der Waals surface area (Å²) in [7, 11) is 0. The van der Waals surface area contributed by atoms with Gasteiger partial charge >= 0.3 is 0 Å². The quantitative estimate of drug-likeness (QED) is 0.729. The number of pyridine rings is 1. The highest BCUT2D eigenvalue weighted by Crippen LogP contribution is 2.19. The summed E-state index contributed by atoms with van der Waals surface area (Å²) in [4.78, 5) is 18.7. The van der Waals surface area contributed by atoms with Crippen LogP contribution in [0.1, 0.15) is 16.1 Å². The highest BCUT2D eigenvalue weighted by molar-refractivity contribution is 5.93. The Bertz CT molecular complexity index is 850. The molecule has 7 heteroatoms. The molecule has 126 valence electrons. The highest BCUT2D eigenvalue weighted by Gasteiger charge is 2.27. The van der Waals surface area contributed by atoms with Crippen molar-refractivity contribution >= 4 is 5.91 Å². The van der Waals surface area contributed by atoms with Gasteiger partial charge < -0.3 is 14.2 Å². The van der Waals surface area contributed by atoms with Crippen LogP contribution in [0.3, 0.4) is 0 Å². The van der Waals surface area contributed by atoms with E-state index in [4.69, 9.17) is 4.74 Å². The van der Waals surface area contributed by atoms with E-state index in [-0.39, 0.29) is 12.0 Å². The number of ether oxygens (including phenoxy) is 1. The Hall–Kier alpha value is -3.22. The van der Waals surface area contributed by atoms with Crippen molar-refractivity contribution in [3.8, 4) is 5.75 Å². The number of rotatable bonds is 3. The van der Waals surface area contributed by atoms with Gasteiger partial charge in [-0.15, -0.1) is 0 Å². The summed E-state index contributed by atoms with van der Waals surface area (Å²) < 4.78 is 8.20. The van der Waals surface area contributed by atoms with Crippen molar-refractivity contribution in [1.29, 1.82) is 0 Å². The average molecular weight is 335 g/mol. The molecule has 4 rings (SSSR count). The van der Waals surface area contributed by atoms with E-state index in [9.17, 15) is 4.79 Å². The van der Waals surface area contributed by atoms with E-state index in [0.29, 0.717) is 30.9 Å². The van der Waals surface area contributed by atoms with Gasteiger partial charge in [0.2, 0.25) is 0 Å². The normalized spacial score (nSPS) is 16.8. The molecular formula is C18H17N5O2. The van der Waals surface area contributed by atoms with Crippen LogP contribution in [-0.2, 0) is 13.1 Å². The van der Waals surface area contributed by atoms with Crippen molar-refractivity contribution in [2.24, 2.45) is 0 Å². The molecule has 7 nitrogen and oxygen atoms in total. The molecule has 25 heavy (non-hydrogen) atoms. The van der Waals surface area contributed by atoms with Crippen LogP contribution in [0.2, 0.25) is 0 Å². The van der Waals surface area contributed by atoms with Crippen LogP contribution >= 0.6 is 0 Å².